The van der Waals surface area contributed by atoms with Crippen molar-refractivity contribution >= 4 is 39.5 Å². The summed E-state index contributed by atoms with van der Waals surface area (Å²) in [6.45, 7) is 9.63. The first kappa shape index (κ1) is 96.1. The van der Waals surface area contributed by atoms with Gasteiger partial charge in [0.2, 0.25) is 0 Å². The van der Waals surface area contributed by atoms with Gasteiger partial charge in [0.1, 0.15) is 19.3 Å². The molecule has 0 saturated carbocycles. The number of hydrogen-bond donors (Lipinski definition) is 3. The number of carbonyl (C=O) groups excluding carboxylic acids is 4. The van der Waals surface area contributed by atoms with Crippen molar-refractivity contribution < 1.29 is 80.2 Å². The number of unbranched alkanes of at least 4 members (excludes halogenated alkanes) is 48. The molecule has 2 unspecified atom stereocenters. The zero-order valence-electron chi connectivity index (χ0n) is 64.1. The molecular formula is C79H154O17P2. The Bertz CT molecular complexity index is 1890. The number of carbonyl (C=O) groups is 4. The molecule has 0 fully saturated rings. The number of ether oxygens (including phenoxy) is 4. The van der Waals surface area contributed by atoms with Crippen molar-refractivity contribution in [3.63, 3.8) is 0 Å². The van der Waals surface area contributed by atoms with Gasteiger partial charge in [0, 0.05) is 25.7 Å². The second kappa shape index (κ2) is 70.7. The highest BCUT2D eigenvalue weighted by molar-refractivity contribution is 7.47. The highest BCUT2D eigenvalue weighted by Gasteiger charge is 2.30. The first-order valence-electron chi connectivity index (χ1n) is 41.0. The fourth-order valence-electron chi connectivity index (χ4n) is 12.2. The largest absolute Gasteiger partial charge is 0.472 e. The van der Waals surface area contributed by atoms with Crippen LogP contribution in [-0.4, -0.2) is 96.7 Å². The third kappa shape index (κ3) is 72.4. The van der Waals surface area contributed by atoms with Gasteiger partial charge in [0.25, 0.3) is 0 Å². The third-order valence-electron chi connectivity index (χ3n) is 18.5. The van der Waals surface area contributed by atoms with Crippen LogP contribution in [0.5, 0.6) is 0 Å². The Kier molecular flexibility index (Phi) is 69.3. The molecule has 0 aliphatic heterocycles. The lowest BCUT2D eigenvalue weighted by atomic mass is 10.0. The minimum Gasteiger partial charge on any atom is -0.462 e. The van der Waals surface area contributed by atoms with Gasteiger partial charge >= 0.3 is 39.5 Å². The van der Waals surface area contributed by atoms with Crippen LogP contribution in [-0.2, 0) is 65.4 Å². The lowest BCUT2D eigenvalue weighted by Gasteiger charge is -2.21. The van der Waals surface area contributed by atoms with E-state index in [1.54, 1.807) is 0 Å². The zero-order valence-corrected chi connectivity index (χ0v) is 65.9. The maximum atomic E-state index is 13.1. The first-order chi connectivity index (χ1) is 47.4. The van der Waals surface area contributed by atoms with Gasteiger partial charge in [-0.1, -0.05) is 363 Å². The van der Waals surface area contributed by atoms with E-state index in [0.29, 0.717) is 25.7 Å². The Morgan fingerprint density at radius 1 is 0.276 bits per heavy atom. The van der Waals surface area contributed by atoms with Gasteiger partial charge in [-0.15, -0.1) is 0 Å². The number of rotatable bonds is 78. The zero-order chi connectivity index (χ0) is 72.1. The first-order valence-corrected chi connectivity index (χ1v) is 44.0. The number of hydrogen-bond acceptors (Lipinski definition) is 15. The van der Waals surface area contributed by atoms with E-state index in [1.165, 1.54) is 231 Å². The second-order valence-electron chi connectivity index (χ2n) is 29.4. The fourth-order valence-corrected chi connectivity index (χ4v) is 13.8. The molecule has 0 amide bonds. The minimum atomic E-state index is -4.96. The fraction of sp³-hybridized carbons (Fsp3) is 0.949. The highest BCUT2D eigenvalue weighted by atomic mass is 31.2. The Hall–Kier alpha value is -1.94. The molecule has 0 aromatic carbocycles. The molecule has 0 radical (unpaired) electrons. The van der Waals surface area contributed by atoms with Gasteiger partial charge in [-0.05, 0) is 37.5 Å². The van der Waals surface area contributed by atoms with Gasteiger partial charge in [-0.3, -0.25) is 37.3 Å². The molecule has 0 spiro atoms. The normalized spacial score (nSPS) is 13.9. The summed E-state index contributed by atoms with van der Waals surface area (Å²) in [5.41, 5.74) is 0. The van der Waals surface area contributed by atoms with Crippen LogP contribution in [0.15, 0.2) is 0 Å². The van der Waals surface area contributed by atoms with Gasteiger partial charge < -0.3 is 33.8 Å². The molecule has 19 heteroatoms. The predicted molar refractivity (Wildman–Crippen MR) is 400 cm³/mol. The van der Waals surface area contributed by atoms with Crippen molar-refractivity contribution in [1.82, 2.24) is 0 Å². The molecule has 98 heavy (non-hydrogen) atoms. The van der Waals surface area contributed by atoms with Crippen molar-refractivity contribution in [2.45, 2.75) is 432 Å². The Balaban J connectivity index is 5.24. The summed E-state index contributed by atoms with van der Waals surface area (Å²) in [5, 5.41) is 10.6. The molecule has 17 nitrogen and oxygen atoms in total. The van der Waals surface area contributed by atoms with Crippen LogP contribution < -0.4 is 0 Å². The molecular weight excluding hydrogens is 1280 g/mol. The average Bonchev–Trinajstić information content (AvgIpc) is 1.03. The summed E-state index contributed by atoms with van der Waals surface area (Å²) < 4.78 is 68.6. The van der Waals surface area contributed by atoms with Crippen molar-refractivity contribution in [1.29, 1.82) is 0 Å². The van der Waals surface area contributed by atoms with Gasteiger partial charge in [0.15, 0.2) is 12.2 Å². The van der Waals surface area contributed by atoms with Crippen molar-refractivity contribution in [2.75, 3.05) is 39.6 Å². The lowest BCUT2D eigenvalue weighted by Crippen LogP contribution is -2.30. The molecule has 582 valence electrons. The molecule has 5 atom stereocenters. The monoisotopic (exact) mass is 1440 g/mol. The summed E-state index contributed by atoms with van der Waals surface area (Å²) in [6, 6.07) is 0. The number of esters is 4. The van der Waals surface area contributed by atoms with Crippen LogP contribution in [0.3, 0.4) is 0 Å². The Morgan fingerprint density at radius 3 is 0.694 bits per heavy atom. The Morgan fingerprint density at radius 2 is 0.469 bits per heavy atom. The number of phosphoric acid groups is 2. The van der Waals surface area contributed by atoms with Gasteiger partial charge in [-0.2, -0.15) is 0 Å². The maximum Gasteiger partial charge on any atom is 0.472 e. The van der Waals surface area contributed by atoms with E-state index in [9.17, 15) is 43.2 Å². The van der Waals surface area contributed by atoms with Crippen LogP contribution in [0, 0.1) is 11.8 Å². The lowest BCUT2D eigenvalue weighted by molar-refractivity contribution is -0.161. The van der Waals surface area contributed by atoms with E-state index in [2.05, 4.69) is 41.5 Å². The number of aliphatic hydroxyl groups is 1. The third-order valence-corrected chi connectivity index (χ3v) is 20.4. The summed E-state index contributed by atoms with van der Waals surface area (Å²) in [7, 11) is -9.92. The van der Waals surface area contributed by atoms with Crippen LogP contribution in [0.1, 0.15) is 414 Å². The molecule has 0 saturated heterocycles. The molecule has 3 N–H and O–H groups in total. The number of aliphatic hydroxyl groups excluding tert-OH is 1. The number of phosphoric ester groups is 2. The van der Waals surface area contributed by atoms with Crippen LogP contribution in [0.2, 0.25) is 0 Å². The molecule has 0 rings (SSSR count). The van der Waals surface area contributed by atoms with Crippen LogP contribution in [0.25, 0.3) is 0 Å². The van der Waals surface area contributed by atoms with Crippen molar-refractivity contribution in [3.05, 3.63) is 0 Å². The predicted octanol–water partition coefficient (Wildman–Crippen LogP) is 23.5. The molecule has 0 aliphatic rings. The summed E-state index contributed by atoms with van der Waals surface area (Å²) in [5.74, 6) is -0.559. The average molecular weight is 1440 g/mol. The van der Waals surface area contributed by atoms with E-state index in [-0.39, 0.29) is 25.7 Å². The van der Waals surface area contributed by atoms with Crippen molar-refractivity contribution in [2.24, 2.45) is 11.8 Å². The smallest absolute Gasteiger partial charge is 0.462 e. The van der Waals surface area contributed by atoms with Crippen molar-refractivity contribution in [3.8, 4) is 0 Å². The van der Waals surface area contributed by atoms with E-state index >= 15 is 0 Å². The van der Waals surface area contributed by atoms with Gasteiger partial charge in [0.05, 0.1) is 26.4 Å². The maximum absolute atomic E-state index is 13.1. The summed E-state index contributed by atoms with van der Waals surface area (Å²) in [4.78, 5) is 72.9. The van der Waals surface area contributed by atoms with E-state index in [1.807, 2.05) is 0 Å². The molecule has 0 bridgehead atoms. The van der Waals surface area contributed by atoms with Crippen LogP contribution in [0.4, 0.5) is 0 Å². The SMILES string of the molecule is CCCCCCCCCCCCCCCCCCCCC(=O)O[C@H](COC(=O)CCCCCCCCCCCCCCCCC(C)C)COP(=O)(O)OC[C@@H](O)COP(=O)(O)OC[C@@H](COC(=O)CCCCCCCCCCCC)OC(=O)CCCCCCCCCCCCC(C)C. The highest BCUT2D eigenvalue weighted by Crippen LogP contribution is 2.45. The minimum absolute atomic E-state index is 0.106. The standard InChI is InChI=1S/C79H154O17P2/c1-7-9-11-13-15-17-19-20-21-22-23-24-29-32-39-45-51-57-63-78(83)95-75(68-90-77(82)62-56-50-44-38-31-28-26-25-27-30-35-41-47-53-59-71(3)4)70-94-98(87,88)92-66-73(80)65-91-97(85,86)93-69-74(67-89-76(81)61-55-49-43-37-18-16-14-12-10-8-2)96-79(84)64-58-52-46-40-34-33-36-42-48-54-60-72(5)6/h71-75,80H,7-70H2,1-6H3,(H,85,86)(H,87,88)/t73-,74+,75+/m0/s1. The van der Waals surface area contributed by atoms with E-state index < -0.39 is 97.5 Å². The molecule has 0 aliphatic carbocycles. The van der Waals surface area contributed by atoms with Gasteiger partial charge in [-0.25, -0.2) is 9.13 Å². The second-order valence-corrected chi connectivity index (χ2v) is 32.3. The van der Waals surface area contributed by atoms with E-state index in [0.717, 1.165) is 102 Å². The van der Waals surface area contributed by atoms with E-state index in [4.69, 9.17) is 37.0 Å². The topological polar surface area (TPSA) is 237 Å². The van der Waals surface area contributed by atoms with Crippen LogP contribution >= 0.6 is 15.6 Å². The summed E-state index contributed by atoms with van der Waals surface area (Å²) >= 11 is 0. The quantitative estimate of drug-likeness (QED) is 0.0222. The molecule has 0 heterocycles. The Labute approximate surface area is 600 Å². The summed E-state index contributed by atoms with van der Waals surface area (Å²) in [6.07, 6.45) is 59.6. The molecule has 0 aromatic heterocycles. The molecule has 0 aromatic rings.